The Bertz CT molecular complexity index is 462. The van der Waals surface area contributed by atoms with E-state index in [9.17, 15) is 4.79 Å². The number of morpholine rings is 1. The van der Waals surface area contributed by atoms with Gasteiger partial charge in [-0.15, -0.1) is 0 Å². The van der Waals surface area contributed by atoms with Gasteiger partial charge in [-0.1, -0.05) is 0 Å². The molecule has 1 saturated heterocycles. The molecule has 2 aliphatic rings. The minimum Gasteiger partial charge on any atom is -0.381 e. The van der Waals surface area contributed by atoms with Crippen molar-refractivity contribution in [3.05, 3.63) is 22.4 Å². The number of nitrogens with zero attached hydrogens (tertiary/aromatic N) is 1. The molecule has 4 nitrogen and oxygen atoms in total. The summed E-state index contributed by atoms with van der Waals surface area (Å²) in [5.74, 6) is 0.762. The highest BCUT2D eigenvalue weighted by Crippen LogP contribution is 2.34. The Morgan fingerprint density at radius 2 is 2.43 bits per heavy atom. The van der Waals surface area contributed by atoms with Crippen molar-refractivity contribution >= 4 is 17.2 Å². The summed E-state index contributed by atoms with van der Waals surface area (Å²) in [4.78, 5) is 14.6. The number of fused-ring (bicyclic) bond motifs is 1. The van der Waals surface area contributed by atoms with Gasteiger partial charge in [0.15, 0.2) is 0 Å². The highest BCUT2D eigenvalue weighted by molar-refractivity contribution is 7.07. The van der Waals surface area contributed by atoms with Gasteiger partial charge in [0.25, 0.3) is 0 Å². The van der Waals surface area contributed by atoms with Gasteiger partial charge >= 0.3 is 0 Å². The third kappa shape index (κ3) is 3.47. The van der Waals surface area contributed by atoms with Crippen molar-refractivity contribution in [3.63, 3.8) is 0 Å². The first-order valence-electron chi connectivity index (χ1n) is 7.77. The quantitative estimate of drug-likeness (QED) is 0.838. The van der Waals surface area contributed by atoms with E-state index in [-0.39, 0.29) is 18.1 Å². The molecule has 1 aromatic heterocycles. The van der Waals surface area contributed by atoms with Gasteiger partial charge in [-0.3, -0.25) is 4.79 Å². The zero-order valence-electron chi connectivity index (χ0n) is 12.5. The van der Waals surface area contributed by atoms with Gasteiger partial charge in [0.1, 0.15) is 0 Å². The number of hydrogen-bond donors (Lipinski definition) is 0. The second kappa shape index (κ2) is 6.90. The molecule has 0 spiro atoms. The maximum atomic E-state index is 12.6. The van der Waals surface area contributed by atoms with Crippen LogP contribution in [0.2, 0.25) is 0 Å². The van der Waals surface area contributed by atoms with Crippen LogP contribution in [0.15, 0.2) is 16.8 Å². The van der Waals surface area contributed by atoms with Gasteiger partial charge in [-0.25, -0.2) is 0 Å². The lowest BCUT2D eigenvalue weighted by Gasteiger charge is -2.37. The highest BCUT2D eigenvalue weighted by atomic mass is 32.1. The van der Waals surface area contributed by atoms with Crippen LogP contribution in [0.3, 0.4) is 0 Å². The molecule has 3 rings (SSSR count). The molecule has 0 unspecified atom stereocenters. The van der Waals surface area contributed by atoms with Crippen LogP contribution in [0.4, 0.5) is 0 Å². The summed E-state index contributed by atoms with van der Waals surface area (Å²) in [6.45, 7) is 4.96. The number of carbonyl (C=O) groups is 1. The number of rotatable bonds is 5. The van der Waals surface area contributed by atoms with E-state index >= 15 is 0 Å². The summed E-state index contributed by atoms with van der Waals surface area (Å²) in [6.07, 6.45) is 2.76. The molecule has 2 heterocycles. The van der Waals surface area contributed by atoms with E-state index in [1.54, 1.807) is 11.3 Å². The first-order valence-corrected chi connectivity index (χ1v) is 8.72. The lowest BCUT2D eigenvalue weighted by Crippen LogP contribution is -2.51. The molecule has 1 aromatic rings. The van der Waals surface area contributed by atoms with Crippen LogP contribution in [0.1, 0.15) is 25.3 Å². The molecule has 1 aliphatic heterocycles. The fraction of sp³-hybridized carbons (Fsp3) is 0.688. The molecule has 1 saturated carbocycles. The standard InChI is InChI=1S/C16H23NO3S/c1-2-19-10-13-7-14-15(8-13)20-5-4-17(14)16(18)9-12-3-6-21-11-12/h3,6,11,13-15H,2,4-5,7-10H2,1H3/t13-,14+,15+/m0/s1. The van der Waals surface area contributed by atoms with Gasteiger partial charge in [-0.05, 0) is 48.1 Å². The molecule has 0 N–H and O–H groups in total. The zero-order valence-corrected chi connectivity index (χ0v) is 13.3. The Balaban J connectivity index is 1.61. The summed E-state index contributed by atoms with van der Waals surface area (Å²) in [5.41, 5.74) is 1.12. The smallest absolute Gasteiger partial charge is 0.227 e. The lowest BCUT2D eigenvalue weighted by molar-refractivity contribution is -0.143. The molecule has 0 radical (unpaired) electrons. The summed E-state index contributed by atoms with van der Waals surface area (Å²) in [7, 11) is 0. The van der Waals surface area contributed by atoms with E-state index in [4.69, 9.17) is 9.47 Å². The second-order valence-electron chi connectivity index (χ2n) is 5.87. The van der Waals surface area contributed by atoms with Crippen LogP contribution in [-0.4, -0.2) is 49.3 Å². The Labute approximate surface area is 130 Å². The van der Waals surface area contributed by atoms with Crippen molar-refractivity contribution in [2.24, 2.45) is 5.92 Å². The molecular formula is C16H23NO3S. The fourth-order valence-electron chi connectivity index (χ4n) is 3.45. The minimum atomic E-state index is 0.204. The van der Waals surface area contributed by atoms with Gasteiger partial charge < -0.3 is 14.4 Å². The second-order valence-corrected chi connectivity index (χ2v) is 6.65. The average Bonchev–Trinajstić information content (AvgIpc) is 3.12. The molecule has 5 heteroatoms. The van der Waals surface area contributed by atoms with Crippen molar-refractivity contribution in [2.45, 2.75) is 38.3 Å². The Morgan fingerprint density at radius 1 is 1.52 bits per heavy atom. The Morgan fingerprint density at radius 3 is 3.19 bits per heavy atom. The average molecular weight is 309 g/mol. The van der Waals surface area contributed by atoms with Crippen molar-refractivity contribution in [3.8, 4) is 0 Å². The summed E-state index contributed by atoms with van der Waals surface area (Å²) < 4.78 is 11.4. The highest BCUT2D eigenvalue weighted by Gasteiger charge is 2.42. The largest absolute Gasteiger partial charge is 0.381 e. The van der Waals surface area contributed by atoms with Crippen LogP contribution >= 0.6 is 11.3 Å². The topological polar surface area (TPSA) is 38.8 Å². The van der Waals surface area contributed by atoms with Crippen LogP contribution in [-0.2, 0) is 20.7 Å². The molecule has 2 fully saturated rings. The first kappa shape index (κ1) is 15.0. The van der Waals surface area contributed by atoms with Crippen LogP contribution in [0, 0.1) is 5.92 Å². The summed E-state index contributed by atoms with van der Waals surface area (Å²) in [5, 5.41) is 4.08. The number of carbonyl (C=O) groups excluding carboxylic acids is 1. The van der Waals surface area contributed by atoms with Gasteiger partial charge in [0.05, 0.1) is 25.2 Å². The fourth-order valence-corrected chi connectivity index (χ4v) is 4.12. The Kier molecular flexibility index (Phi) is 4.93. The molecule has 21 heavy (non-hydrogen) atoms. The number of thiophene rings is 1. The number of hydrogen-bond acceptors (Lipinski definition) is 4. The predicted molar refractivity (Wildman–Crippen MR) is 82.5 cm³/mol. The lowest BCUT2D eigenvalue weighted by atomic mass is 10.1. The number of amides is 1. The maximum Gasteiger partial charge on any atom is 0.227 e. The van der Waals surface area contributed by atoms with Crippen molar-refractivity contribution in [2.75, 3.05) is 26.4 Å². The van der Waals surface area contributed by atoms with Crippen LogP contribution in [0.5, 0.6) is 0 Å². The molecule has 116 valence electrons. The van der Waals surface area contributed by atoms with Crippen molar-refractivity contribution in [1.82, 2.24) is 4.90 Å². The van der Waals surface area contributed by atoms with E-state index < -0.39 is 0 Å². The van der Waals surface area contributed by atoms with E-state index in [0.29, 0.717) is 18.9 Å². The molecule has 0 aromatic carbocycles. The normalized spacial score (nSPS) is 28.6. The van der Waals surface area contributed by atoms with Crippen molar-refractivity contribution < 1.29 is 14.3 Å². The Hall–Kier alpha value is -0.910. The van der Waals surface area contributed by atoms with E-state index in [1.807, 2.05) is 18.4 Å². The SMILES string of the molecule is CCOC[C@H]1C[C@@H]2[C@@H](C1)OCCN2C(=O)Cc1ccsc1. The van der Waals surface area contributed by atoms with Gasteiger partial charge in [0.2, 0.25) is 5.91 Å². The minimum absolute atomic E-state index is 0.204. The predicted octanol–water partition coefficient (Wildman–Crippen LogP) is 2.33. The van der Waals surface area contributed by atoms with Gasteiger partial charge in [-0.2, -0.15) is 11.3 Å². The zero-order chi connectivity index (χ0) is 14.7. The third-order valence-electron chi connectivity index (χ3n) is 4.45. The van der Waals surface area contributed by atoms with Gasteiger partial charge in [0, 0.05) is 19.8 Å². The molecular weight excluding hydrogens is 286 g/mol. The summed E-state index contributed by atoms with van der Waals surface area (Å²) in [6, 6.07) is 2.28. The molecule has 1 aliphatic carbocycles. The first-order chi connectivity index (χ1) is 10.3. The van der Waals surface area contributed by atoms with E-state index in [0.717, 1.165) is 38.2 Å². The van der Waals surface area contributed by atoms with Crippen LogP contribution in [0.25, 0.3) is 0 Å². The van der Waals surface area contributed by atoms with E-state index in [1.165, 1.54) is 0 Å². The maximum absolute atomic E-state index is 12.6. The molecule has 3 atom stereocenters. The summed E-state index contributed by atoms with van der Waals surface area (Å²) >= 11 is 1.65. The molecule has 0 bridgehead atoms. The monoisotopic (exact) mass is 309 g/mol. The van der Waals surface area contributed by atoms with Crippen molar-refractivity contribution in [1.29, 1.82) is 0 Å². The number of ether oxygens (including phenoxy) is 2. The third-order valence-corrected chi connectivity index (χ3v) is 5.18. The van der Waals surface area contributed by atoms with E-state index in [2.05, 4.69) is 10.3 Å². The van der Waals surface area contributed by atoms with Crippen LogP contribution < -0.4 is 0 Å². The molecule has 1 amide bonds.